The molecule has 0 unspecified atom stereocenters. The maximum Gasteiger partial charge on any atom is 0.178 e. The van der Waals surface area contributed by atoms with Gasteiger partial charge in [0, 0.05) is 12.3 Å². The van der Waals surface area contributed by atoms with E-state index in [1.807, 2.05) is 0 Å². The topological polar surface area (TPSA) is 43.4 Å². The van der Waals surface area contributed by atoms with E-state index in [-0.39, 0.29) is 16.9 Å². The molecule has 1 saturated carbocycles. The van der Waals surface area contributed by atoms with Crippen molar-refractivity contribution in [3.05, 3.63) is 23.0 Å². The van der Waals surface area contributed by atoms with Gasteiger partial charge in [0.05, 0.1) is 11.1 Å². The minimum absolute atomic E-state index is 0.0472. The number of hydrogen-bond acceptors (Lipinski definition) is 3. The normalized spacial score (nSPS) is 17.1. The van der Waals surface area contributed by atoms with Gasteiger partial charge in [-0.3, -0.25) is 0 Å². The number of benzene rings is 1. The molecule has 2 rings (SSSR count). The minimum Gasteiger partial charge on any atom is -0.489 e. The Labute approximate surface area is 111 Å². The van der Waals surface area contributed by atoms with Gasteiger partial charge in [-0.2, -0.15) is 0 Å². The van der Waals surface area contributed by atoms with Crippen LogP contribution in [0.1, 0.15) is 25.7 Å². The molecule has 1 aliphatic carbocycles. The number of hydrogen-bond donors (Lipinski definition) is 0. The van der Waals surface area contributed by atoms with Gasteiger partial charge >= 0.3 is 0 Å². The van der Waals surface area contributed by atoms with Crippen LogP contribution in [-0.4, -0.2) is 20.8 Å². The largest absolute Gasteiger partial charge is 0.489 e. The van der Waals surface area contributed by atoms with Crippen LogP contribution in [0.15, 0.2) is 17.0 Å². The molecule has 0 radical (unpaired) electrons. The molecule has 0 N–H and O–H groups in total. The third-order valence-electron chi connectivity index (χ3n) is 2.98. The SMILES string of the molecule is CS(=O)(=O)c1cc(Cl)c(OC2CCCC2)cc1F. The monoisotopic (exact) mass is 292 g/mol. The Hall–Kier alpha value is -0.810. The molecule has 0 spiro atoms. The summed E-state index contributed by atoms with van der Waals surface area (Å²) < 4.78 is 41.9. The molecule has 1 aliphatic rings. The Morgan fingerprint density at radius 3 is 2.50 bits per heavy atom. The van der Waals surface area contributed by atoms with Gasteiger partial charge in [0.25, 0.3) is 0 Å². The maximum atomic E-state index is 13.7. The number of sulfone groups is 1. The quantitative estimate of drug-likeness (QED) is 0.859. The van der Waals surface area contributed by atoms with E-state index in [9.17, 15) is 12.8 Å². The van der Waals surface area contributed by atoms with Crippen molar-refractivity contribution in [1.29, 1.82) is 0 Å². The van der Waals surface area contributed by atoms with Gasteiger partial charge in [-0.25, -0.2) is 12.8 Å². The lowest BCUT2D eigenvalue weighted by atomic mass is 10.3. The van der Waals surface area contributed by atoms with Crippen LogP contribution in [0.5, 0.6) is 5.75 Å². The maximum absolute atomic E-state index is 13.7. The predicted molar refractivity (Wildman–Crippen MR) is 67.4 cm³/mol. The van der Waals surface area contributed by atoms with Crippen LogP contribution >= 0.6 is 11.6 Å². The van der Waals surface area contributed by atoms with Crippen molar-refractivity contribution >= 4 is 21.4 Å². The fraction of sp³-hybridized carbons (Fsp3) is 0.500. The van der Waals surface area contributed by atoms with E-state index in [4.69, 9.17) is 16.3 Å². The van der Waals surface area contributed by atoms with Crippen LogP contribution in [0, 0.1) is 5.82 Å². The molecular weight excluding hydrogens is 279 g/mol. The molecule has 0 aromatic heterocycles. The first-order valence-corrected chi connectivity index (χ1v) is 8.00. The smallest absolute Gasteiger partial charge is 0.178 e. The minimum atomic E-state index is -3.62. The van der Waals surface area contributed by atoms with Gasteiger partial charge in [-0.05, 0) is 31.7 Å². The fourth-order valence-corrected chi connectivity index (χ4v) is 3.09. The van der Waals surface area contributed by atoms with E-state index in [0.29, 0.717) is 0 Å². The number of rotatable bonds is 3. The fourth-order valence-electron chi connectivity index (χ4n) is 2.07. The lowest BCUT2D eigenvalue weighted by molar-refractivity contribution is 0.209. The molecule has 3 nitrogen and oxygen atoms in total. The highest BCUT2D eigenvalue weighted by molar-refractivity contribution is 7.90. The highest BCUT2D eigenvalue weighted by Crippen LogP contribution is 2.33. The van der Waals surface area contributed by atoms with Gasteiger partial charge in [-0.1, -0.05) is 11.6 Å². The molecule has 0 aliphatic heterocycles. The van der Waals surface area contributed by atoms with E-state index in [1.54, 1.807) is 0 Å². The van der Waals surface area contributed by atoms with Crippen LogP contribution in [0.4, 0.5) is 4.39 Å². The zero-order valence-electron chi connectivity index (χ0n) is 9.95. The van der Waals surface area contributed by atoms with Crippen molar-refractivity contribution in [1.82, 2.24) is 0 Å². The molecule has 0 bridgehead atoms. The molecule has 6 heteroatoms. The van der Waals surface area contributed by atoms with Gasteiger partial charge in [-0.15, -0.1) is 0 Å². The van der Waals surface area contributed by atoms with E-state index in [0.717, 1.165) is 44.1 Å². The molecule has 1 aromatic carbocycles. The summed E-state index contributed by atoms with van der Waals surface area (Å²) in [6.07, 6.45) is 5.01. The molecule has 0 amide bonds. The Balaban J connectivity index is 2.30. The molecule has 1 fully saturated rings. The van der Waals surface area contributed by atoms with Gasteiger partial charge in [0.1, 0.15) is 16.5 Å². The summed E-state index contributed by atoms with van der Waals surface area (Å²) >= 11 is 5.93. The highest BCUT2D eigenvalue weighted by atomic mass is 35.5. The lowest BCUT2D eigenvalue weighted by Gasteiger charge is -2.15. The van der Waals surface area contributed by atoms with E-state index in [2.05, 4.69) is 0 Å². The summed E-state index contributed by atoms with van der Waals surface area (Å²) in [7, 11) is -3.62. The lowest BCUT2D eigenvalue weighted by Crippen LogP contribution is -2.12. The Kier molecular flexibility index (Phi) is 3.82. The third kappa shape index (κ3) is 2.95. The summed E-state index contributed by atoms with van der Waals surface area (Å²) in [5, 5.41) is 0.128. The number of ether oxygens (including phenoxy) is 1. The van der Waals surface area contributed by atoms with E-state index in [1.165, 1.54) is 0 Å². The number of halogens is 2. The summed E-state index contributed by atoms with van der Waals surface area (Å²) in [6, 6.07) is 2.16. The van der Waals surface area contributed by atoms with Crippen molar-refractivity contribution in [2.45, 2.75) is 36.7 Å². The second-order valence-electron chi connectivity index (χ2n) is 4.51. The van der Waals surface area contributed by atoms with Crippen LogP contribution in [-0.2, 0) is 9.84 Å². The third-order valence-corrected chi connectivity index (χ3v) is 4.39. The summed E-state index contributed by atoms with van der Waals surface area (Å²) in [5.74, 6) is -0.608. The summed E-state index contributed by atoms with van der Waals surface area (Å²) in [4.78, 5) is -0.397. The Bertz CT molecular complexity index is 551. The first kappa shape index (κ1) is 13.6. The Morgan fingerprint density at radius 2 is 1.94 bits per heavy atom. The van der Waals surface area contributed by atoms with Crippen LogP contribution in [0.2, 0.25) is 5.02 Å². The van der Waals surface area contributed by atoms with Gasteiger partial charge < -0.3 is 4.74 Å². The van der Waals surface area contributed by atoms with Crippen molar-refractivity contribution in [3.63, 3.8) is 0 Å². The summed E-state index contributed by atoms with van der Waals surface area (Å²) in [6.45, 7) is 0. The molecule has 1 aromatic rings. The van der Waals surface area contributed by atoms with Crippen molar-refractivity contribution in [2.75, 3.05) is 6.26 Å². The zero-order chi connectivity index (χ0) is 13.3. The molecule has 0 atom stereocenters. The second kappa shape index (κ2) is 5.05. The van der Waals surface area contributed by atoms with Crippen molar-refractivity contribution in [3.8, 4) is 5.75 Å². The van der Waals surface area contributed by atoms with Crippen LogP contribution < -0.4 is 4.74 Å². The average Bonchev–Trinajstić information content (AvgIpc) is 2.74. The highest BCUT2D eigenvalue weighted by Gasteiger charge is 2.21. The first-order chi connectivity index (χ1) is 8.38. The van der Waals surface area contributed by atoms with Crippen molar-refractivity contribution < 1.29 is 17.5 Å². The molecule has 18 heavy (non-hydrogen) atoms. The summed E-state index contributed by atoms with van der Waals surface area (Å²) in [5.41, 5.74) is 0. The average molecular weight is 293 g/mol. The molecule has 0 saturated heterocycles. The standard InChI is InChI=1S/C12H14ClFO3S/c1-18(15,16)12-6-9(13)11(7-10(12)14)17-8-4-2-3-5-8/h6-8H,2-5H2,1H3. The molecule has 0 heterocycles. The van der Waals surface area contributed by atoms with Crippen LogP contribution in [0.25, 0.3) is 0 Å². The van der Waals surface area contributed by atoms with Gasteiger partial charge in [0.2, 0.25) is 0 Å². The first-order valence-electron chi connectivity index (χ1n) is 5.73. The van der Waals surface area contributed by atoms with Crippen molar-refractivity contribution in [2.24, 2.45) is 0 Å². The Morgan fingerprint density at radius 1 is 1.33 bits per heavy atom. The van der Waals surface area contributed by atoms with E-state index >= 15 is 0 Å². The molecule has 100 valence electrons. The van der Waals surface area contributed by atoms with Crippen LogP contribution in [0.3, 0.4) is 0 Å². The second-order valence-corrected chi connectivity index (χ2v) is 6.90. The molecular formula is C12H14ClFO3S. The predicted octanol–water partition coefficient (Wildman–Crippen LogP) is 3.20. The zero-order valence-corrected chi connectivity index (χ0v) is 11.5. The van der Waals surface area contributed by atoms with E-state index < -0.39 is 20.5 Å². The van der Waals surface area contributed by atoms with Gasteiger partial charge in [0.15, 0.2) is 9.84 Å².